The molecule has 0 aliphatic heterocycles. The molecular weight excluding hydrogens is 368 g/mol. The Morgan fingerprint density at radius 1 is 1.12 bits per heavy atom. The minimum atomic E-state index is -0.264. The van der Waals surface area contributed by atoms with Crippen LogP contribution in [0.2, 0.25) is 5.02 Å². The highest BCUT2D eigenvalue weighted by Crippen LogP contribution is 2.27. The normalized spacial score (nSPS) is 10.4. The summed E-state index contributed by atoms with van der Waals surface area (Å²) < 4.78 is 0. The van der Waals surface area contributed by atoms with Gasteiger partial charge in [-0.05, 0) is 66.2 Å². The Morgan fingerprint density at radius 2 is 1.92 bits per heavy atom. The van der Waals surface area contributed by atoms with Gasteiger partial charge in [-0.25, -0.2) is 14.8 Å². The highest BCUT2D eigenvalue weighted by Gasteiger charge is 2.07. The van der Waals surface area contributed by atoms with Crippen LogP contribution in [0.25, 0.3) is 0 Å². The minimum Gasteiger partial charge on any atom is -0.334 e. The molecule has 2 N–H and O–H groups in total. The zero-order valence-electron chi connectivity index (χ0n) is 14.1. The molecule has 0 unspecified atom stereocenters. The summed E-state index contributed by atoms with van der Waals surface area (Å²) in [6.07, 6.45) is 3.42. The van der Waals surface area contributed by atoms with Gasteiger partial charge in [0.1, 0.15) is 0 Å². The molecule has 0 aliphatic rings. The average Bonchev–Trinajstić information content (AvgIpc) is 2.63. The molecule has 0 saturated carbocycles. The van der Waals surface area contributed by atoms with Crippen molar-refractivity contribution < 1.29 is 4.79 Å². The number of benzene rings is 2. The van der Waals surface area contributed by atoms with Gasteiger partial charge in [0.25, 0.3) is 0 Å². The molecule has 0 spiro atoms. The number of nitrogens with zero attached hydrogens (tertiary/aromatic N) is 2. The molecule has 0 saturated heterocycles. The molecule has 1 aromatic heterocycles. The molecule has 0 atom stereocenters. The maximum atomic E-state index is 12.1. The van der Waals surface area contributed by atoms with E-state index in [0.717, 1.165) is 21.7 Å². The van der Waals surface area contributed by atoms with Gasteiger partial charge >= 0.3 is 6.03 Å². The summed E-state index contributed by atoms with van der Waals surface area (Å²) in [5.41, 5.74) is 2.66. The van der Waals surface area contributed by atoms with Crippen LogP contribution in [0, 0.1) is 6.92 Å². The second-order valence-electron chi connectivity index (χ2n) is 5.55. The number of hydrogen-bond acceptors (Lipinski definition) is 4. The number of rotatable bonds is 5. The van der Waals surface area contributed by atoms with Gasteiger partial charge in [-0.15, -0.1) is 0 Å². The number of aromatic nitrogens is 2. The largest absolute Gasteiger partial charge is 0.334 e. The topological polar surface area (TPSA) is 66.9 Å². The van der Waals surface area contributed by atoms with E-state index >= 15 is 0 Å². The van der Waals surface area contributed by atoms with Crippen LogP contribution in [0.15, 0.2) is 71.0 Å². The van der Waals surface area contributed by atoms with Gasteiger partial charge in [-0.3, -0.25) is 0 Å². The lowest BCUT2D eigenvalue weighted by molar-refractivity contribution is 0.251. The van der Waals surface area contributed by atoms with Crippen molar-refractivity contribution in [1.29, 1.82) is 0 Å². The van der Waals surface area contributed by atoms with Crippen molar-refractivity contribution in [2.75, 3.05) is 5.32 Å². The number of nitrogens with one attached hydrogen (secondary N) is 2. The molecular formula is C19H17ClN4OS. The van der Waals surface area contributed by atoms with E-state index in [1.807, 2.05) is 43.3 Å². The van der Waals surface area contributed by atoms with Gasteiger partial charge < -0.3 is 10.6 Å². The Labute approximate surface area is 161 Å². The summed E-state index contributed by atoms with van der Waals surface area (Å²) in [5.74, 6) is 0. The fourth-order valence-electron chi connectivity index (χ4n) is 2.28. The molecule has 132 valence electrons. The first kappa shape index (κ1) is 18.2. The van der Waals surface area contributed by atoms with Crippen molar-refractivity contribution in [2.45, 2.75) is 23.5 Å². The number of halogens is 1. The predicted octanol–water partition coefficient (Wildman–Crippen LogP) is 4.91. The van der Waals surface area contributed by atoms with Crippen LogP contribution in [0.4, 0.5) is 10.5 Å². The molecule has 26 heavy (non-hydrogen) atoms. The number of hydrogen-bond donors (Lipinski definition) is 2. The standard InChI is InChI=1S/C19H17ClN4OS/c1-13-10-16(26-19-21-8-3-9-22-19)6-7-17(13)24-18(25)23-12-14-4-2-5-15(20)11-14/h2-11H,12H2,1H3,(H2,23,24,25). The quantitative estimate of drug-likeness (QED) is 0.613. The fourth-order valence-corrected chi connectivity index (χ4v) is 3.30. The lowest BCUT2D eigenvalue weighted by Gasteiger charge is -2.11. The van der Waals surface area contributed by atoms with E-state index in [0.29, 0.717) is 16.7 Å². The third-order valence-corrected chi connectivity index (χ3v) is 4.66. The van der Waals surface area contributed by atoms with Crippen molar-refractivity contribution in [2.24, 2.45) is 0 Å². The van der Waals surface area contributed by atoms with Crippen LogP contribution < -0.4 is 10.6 Å². The predicted molar refractivity (Wildman–Crippen MR) is 105 cm³/mol. The summed E-state index contributed by atoms with van der Waals surface area (Å²) in [6.45, 7) is 2.35. The summed E-state index contributed by atoms with van der Waals surface area (Å²) in [5, 5.41) is 7.02. The number of urea groups is 1. The van der Waals surface area contributed by atoms with Crippen LogP contribution in [0.1, 0.15) is 11.1 Å². The van der Waals surface area contributed by atoms with E-state index in [9.17, 15) is 4.79 Å². The third-order valence-electron chi connectivity index (χ3n) is 3.54. The molecule has 0 aliphatic carbocycles. The van der Waals surface area contributed by atoms with Crippen molar-refractivity contribution in [1.82, 2.24) is 15.3 Å². The SMILES string of the molecule is Cc1cc(Sc2ncccn2)ccc1NC(=O)NCc1cccc(Cl)c1. The number of carbonyl (C=O) groups is 1. The Kier molecular flexibility index (Phi) is 6.09. The van der Waals surface area contributed by atoms with E-state index < -0.39 is 0 Å². The van der Waals surface area contributed by atoms with E-state index in [1.54, 1.807) is 24.5 Å². The number of anilines is 1. The van der Waals surface area contributed by atoms with Crippen molar-refractivity contribution in [3.63, 3.8) is 0 Å². The van der Waals surface area contributed by atoms with Crippen molar-refractivity contribution in [3.8, 4) is 0 Å². The summed E-state index contributed by atoms with van der Waals surface area (Å²) in [4.78, 5) is 21.5. The van der Waals surface area contributed by atoms with Crippen LogP contribution >= 0.6 is 23.4 Å². The van der Waals surface area contributed by atoms with Gasteiger partial charge in [0.15, 0.2) is 5.16 Å². The second kappa shape index (κ2) is 8.69. The van der Waals surface area contributed by atoms with E-state index in [2.05, 4.69) is 20.6 Å². The maximum Gasteiger partial charge on any atom is 0.319 e. The van der Waals surface area contributed by atoms with E-state index in [-0.39, 0.29) is 6.03 Å². The zero-order chi connectivity index (χ0) is 18.4. The smallest absolute Gasteiger partial charge is 0.319 e. The lowest BCUT2D eigenvalue weighted by atomic mass is 10.2. The number of carbonyl (C=O) groups excluding carboxylic acids is 1. The Bertz CT molecular complexity index is 905. The van der Waals surface area contributed by atoms with Gasteiger partial charge in [-0.1, -0.05) is 23.7 Å². The summed E-state index contributed by atoms with van der Waals surface area (Å²) in [6, 6.07) is 14.7. The number of aryl methyl sites for hydroxylation is 1. The average molecular weight is 385 g/mol. The molecule has 0 bridgehead atoms. The Hall–Kier alpha value is -2.57. The van der Waals surface area contributed by atoms with Crippen molar-refractivity contribution >= 4 is 35.1 Å². The fraction of sp³-hybridized carbons (Fsp3) is 0.105. The van der Waals surface area contributed by atoms with Crippen LogP contribution in [-0.4, -0.2) is 16.0 Å². The monoisotopic (exact) mass is 384 g/mol. The van der Waals surface area contributed by atoms with E-state index in [1.165, 1.54) is 11.8 Å². The highest BCUT2D eigenvalue weighted by molar-refractivity contribution is 7.99. The van der Waals surface area contributed by atoms with Crippen LogP contribution in [0.5, 0.6) is 0 Å². The van der Waals surface area contributed by atoms with Crippen LogP contribution in [0.3, 0.4) is 0 Å². The second-order valence-corrected chi connectivity index (χ2v) is 7.02. The van der Waals surface area contributed by atoms with Gasteiger partial charge in [0.05, 0.1) is 0 Å². The Morgan fingerprint density at radius 3 is 2.65 bits per heavy atom. The Balaban J connectivity index is 1.58. The first-order valence-electron chi connectivity index (χ1n) is 7.95. The lowest BCUT2D eigenvalue weighted by Crippen LogP contribution is -2.28. The van der Waals surface area contributed by atoms with E-state index in [4.69, 9.17) is 11.6 Å². The van der Waals surface area contributed by atoms with Gasteiger partial charge in [0, 0.05) is 34.5 Å². The number of amides is 2. The molecule has 0 fully saturated rings. The van der Waals surface area contributed by atoms with Crippen LogP contribution in [-0.2, 0) is 6.54 Å². The molecule has 7 heteroatoms. The molecule has 2 amide bonds. The summed E-state index contributed by atoms with van der Waals surface area (Å²) >= 11 is 7.42. The highest BCUT2D eigenvalue weighted by atomic mass is 35.5. The third kappa shape index (κ3) is 5.21. The molecule has 3 rings (SSSR count). The first-order chi connectivity index (χ1) is 12.6. The molecule has 3 aromatic rings. The molecule has 1 heterocycles. The first-order valence-corrected chi connectivity index (χ1v) is 9.14. The minimum absolute atomic E-state index is 0.264. The molecule has 2 aromatic carbocycles. The molecule has 0 radical (unpaired) electrons. The summed E-state index contributed by atoms with van der Waals surface area (Å²) in [7, 11) is 0. The zero-order valence-corrected chi connectivity index (χ0v) is 15.6. The molecule has 5 nitrogen and oxygen atoms in total. The van der Waals surface area contributed by atoms with Crippen molar-refractivity contribution in [3.05, 3.63) is 77.1 Å². The van der Waals surface area contributed by atoms with Gasteiger partial charge in [-0.2, -0.15) is 0 Å². The maximum absolute atomic E-state index is 12.1. The van der Waals surface area contributed by atoms with Gasteiger partial charge in [0.2, 0.25) is 0 Å².